The summed E-state index contributed by atoms with van der Waals surface area (Å²) in [6, 6.07) is 5.67. The number of sulfonamides is 1. The SMILES string of the molecule is O=C(O)CCNC(=O)c1cccc(S(=O)(=O)NCC2CC2)c1. The Labute approximate surface area is 128 Å². The Hall–Kier alpha value is -1.93. The van der Waals surface area contributed by atoms with Crippen LogP contribution in [0, 0.1) is 5.92 Å². The molecular weight excluding hydrogens is 308 g/mol. The van der Waals surface area contributed by atoms with Crippen LogP contribution in [0.25, 0.3) is 0 Å². The monoisotopic (exact) mass is 326 g/mol. The van der Waals surface area contributed by atoms with E-state index in [1.165, 1.54) is 24.3 Å². The lowest BCUT2D eigenvalue weighted by Crippen LogP contribution is -2.28. The quantitative estimate of drug-likeness (QED) is 0.647. The predicted molar refractivity (Wildman–Crippen MR) is 78.9 cm³/mol. The van der Waals surface area contributed by atoms with Crippen LogP contribution in [-0.2, 0) is 14.8 Å². The van der Waals surface area contributed by atoms with Crippen LogP contribution < -0.4 is 10.0 Å². The largest absolute Gasteiger partial charge is 0.481 e. The van der Waals surface area contributed by atoms with Gasteiger partial charge in [-0.05, 0) is 37.0 Å². The summed E-state index contributed by atoms with van der Waals surface area (Å²) >= 11 is 0. The number of carbonyl (C=O) groups excluding carboxylic acids is 1. The molecule has 0 aromatic heterocycles. The Morgan fingerprint density at radius 2 is 2.00 bits per heavy atom. The van der Waals surface area contributed by atoms with E-state index in [0.29, 0.717) is 12.5 Å². The van der Waals surface area contributed by atoms with Crippen LogP contribution in [0.4, 0.5) is 0 Å². The summed E-state index contributed by atoms with van der Waals surface area (Å²) in [6.07, 6.45) is 1.88. The molecule has 8 heteroatoms. The van der Waals surface area contributed by atoms with Gasteiger partial charge < -0.3 is 10.4 Å². The van der Waals surface area contributed by atoms with E-state index >= 15 is 0 Å². The first-order valence-electron chi connectivity index (χ1n) is 6.98. The first-order valence-corrected chi connectivity index (χ1v) is 8.46. The van der Waals surface area contributed by atoms with Crippen molar-refractivity contribution in [3.05, 3.63) is 29.8 Å². The number of rotatable bonds is 8. The number of benzene rings is 1. The Kier molecular flexibility index (Phi) is 5.15. The van der Waals surface area contributed by atoms with E-state index in [-0.39, 0.29) is 23.4 Å². The molecule has 1 aliphatic rings. The molecule has 0 atom stereocenters. The molecule has 0 saturated heterocycles. The van der Waals surface area contributed by atoms with Crippen molar-refractivity contribution in [1.29, 1.82) is 0 Å². The number of carboxylic acid groups (broad SMARTS) is 1. The lowest BCUT2D eigenvalue weighted by molar-refractivity contribution is -0.136. The molecule has 1 fully saturated rings. The van der Waals surface area contributed by atoms with Crippen LogP contribution in [0.5, 0.6) is 0 Å². The van der Waals surface area contributed by atoms with Gasteiger partial charge in [-0.2, -0.15) is 0 Å². The van der Waals surface area contributed by atoms with Gasteiger partial charge in [-0.1, -0.05) is 6.07 Å². The molecule has 1 aliphatic carbocycles. The molecule has 0 bridgehead atoms. The third-order valence-corrected chi connectivity index (χ3v) is 4.71. The molecule has 0 spiro atoms. The summed E-state index contributed by atoms with van der Waals surface area (Å²) in [7, 11) is -3.63. The van der Waals surface area contributed by atoms with Gasteiger partial charge in [0.1, 0.15) is 0 Å². The normalized spacial score (nSPS) is 14.5. The number of carbonyl (C=O) groups is 2. The minimum absolute atomic E-state index is 0.00885. The van der Waals surface area contributed by atoms with Crippen molar-refractivity contribution in [3.63, 3.8) is 0 Å². The van der Waals surface area contributed by atoms with Gasteiger partial charge in [-0.15, -0.1) is 0 Å². The molecule has 0 heterocycles. The average molecular weight is 326 g/mol. The van der Waals surface area contributed by atoms with Crippen molar-refractivity contribution in [2.45, 2.75) is 24.2 Å². The zero-order valence-corrected chi connectivity index (χ0v) is 12.7. The van der Waals surface area contributed by atoms with Crippen molar-refractivity contribution in [3.8, 4) is 0 Å². The number of carboxylic acids is 1. The van der Waals surface area contributed by atoms with Crippen LogP contribution in [0.15, 0.2) is 29.2 Å². The summed E-state index contributed by atoms with van der Waals surface area (Å²) in [4.78, 5) is 22.3. The third kappa shape index (κ3) is 4.81. The van der Waals surface area contributed by atoms with Gasteiger partial charge in [0.05, 0.1) is 11.3 Å². The Morgan fingerprint density at radius 1 is 1.27 bits per heavy atom. The van der Waals surface area contributed by atoms with Gasteiger partial charge in [0.2, 0.25) is 10.0 Å². The molecule has 1 amide bonds. The fraction of sp³-hybridized carbons (Fsp3) is 0.429. The van der Waals surface area contributed by atoms with E-state index in [4.69, 9.17) is 5.11 Å². The minimum atomic E-state index is -3.63. The number of nitrogens with one attached hydrogen (secondary N) is 2. The van der Waals surface area contributed by atoms with Gasteiger partial charge in [-0.3, -0.25) is 9.59 Å². The van der Waals surface area contributed by atoms with Crippen LogP contribution in [-0.4, -0.2) is 38.5 Å². The smallest absolute Gasteiger partial charge is 0.305 e. The standard InChI is InChI=1S/C14H18N2O5S/c17-13(18)6-7-15-14(19)11-2-1-3-12(8-11)22(20,21)16-9-10-4-5-10/h1-3,8,10,16H,4-7,9H2,(H,15,19)(H,17,18). The van der Waals surface area contributed by atoms with Gasteiger partial charge in [0.15, 0.2) is 0 Å². The fourth-order valence-electron chi connectivity index (χ4n) is 1.82. The Morgan fingerprint density at radius 3 is 2.64 bits per heavy atom. The second-order valence-electron chi connectivity index (χ2n) is 5.22. The maximum atomic E-state index is 12.1. The zero-order valence-electron chi connectivity index (χ0n) is 11.9. The summed E-state index contributed by atoms with van der Waals surface area (Å²) in [5.74, 6) is -1.10. The van der Waals surface area contributed by atoms with Crippen LogP contribution >= 0.6 is 0 Å². The highest BCUT2D eigenvalue weighted by molar-refractivity contribution is 7.89. The molecule has 1 aromatic rings. The van der Waals surface area contributed by atoms with E-state index in [1.807, 2.05) is 0 Å². The van der Waals surface area contributed by atoms with Gasteiger partial charge in [0.25, 0.3) is 5.91 Å². The van der Waals surface area contributed by atoms with Gasteiger partial charge in [-0.25, -0.2) is 13.1 Å². The molecule has 22 heavy (non-hydrogen) atoms. The van der Waals surface area contributed by atoms with Crippen molar-refractivity contribution in [2.75, 3.05) is 13.1 Å². The van der Waals surface area contributed by atoms with E-state index in [0.717, 1.165) is 12.8 Å². The van der Waals surface area contributed by atoms with E-state index in [2.05, 4.69) is 10.0 Å². The molecule has 3 N–H and O–H groups in total. The highest BCUT2D eigenvalue weighted by Crippen LogP contribution is 2.28. The number of hydrogen-bond acceptors (Lipinski definition) is 4. The molecule has 0 aliphatic heterocycles. The molecule has 2 rings (SSSR count). The lowest BCUT2D eigenvalue weighted by atomic mass is 10.2. The molecule has 1 aromatic carbocycles. The topological polar surface area (TPSA) is 113 Å². The second-order valence-corrected chi connectivity index (χ2v) is 6.99. The first-order chi connectivity index (χ1) is 10.4. The first kappa shape index (κ1) is 16.4. The minimum Gasteiger partial charge on any atom is -0.481 e. The van der Waals surface area contributed by atoms with Crippen LogP contribution in [0.3, 0.4) is 0 Å². The summed E-state index contributed by atoms with van der Waals surface area (Å²) in [5.41, 5.74) is 0.180. The molecule has 0 radical (unpaired) electrons. The lowest BCUT2D eigenvalue weighted by Gasteiger charge is -2.08. The Balaban J connectivity index is 2.01. The predicted octanol–water partition coefficient (Wildman–Crippen LogP) is 0.579. The van der Waals surface area contributed by atoms with Crippen LogP contribution in [0.1, 0.15) is 29.6 Å². The van der Waals surface area contributed by atoms with Crippen molar-refractivity contribution in [2.24, 2.45) is 5.92 Å². The fourth-order valence-corrected chi connectivity index (χ4v) is 2.98. The van der Waals surface area contributed by atoms with Crippen molar-refractivity contribution >= 4 is 21.9 Å². The summed E-state index contributed by atoms with van der Waals surface area (Å²) < 4.78 is 26.8. The van der Waals surface area contributed by atoms with Gasteiger partial charge in [0, 0.05) is 18.7 Å². The average Bonchev–Trinajstić information content (AvgIpc) is 3.29. The number of hydrogen-bond donors (Lipinski definition) is 3. The zero-order chi connectivity index (χ0) is 16.2. The third-order valence-electron chi connectivity index (χ3n) is 3.29. The molecule has 120 valence electrons. The highest BCUT2D eigenvalue weighted by Gasteiger charge is 2.24. The van der Waals surface area contributed by atoms with Crippen molar-refractivity contribution < 1.29 is 23.1 Å². The molecule has 0 unspecified atom stereocenters. The van der Waals surface area contributed by atoms with E-state index in [1.54, 1.807) is 0 Å². The van der Waals surface area contributed by atoms with E-state index in [9.17, 15) is 18.0 Å². The van der Waals surface area contributed by atoms with Crippen LogP contribution in [0.2, 0.25) is 0 Å². The maximum absolute atomic E-state index is 12.1. The van der Waals surface area contributed by atoms with Crippen molar-refractivity contribution in [1.82, 2.24) is 10.0 Å². The summed E-state index contributed by atoms with van der Waals surface area (Å²) in [6.45, 7) is 0.405. The Bertz CT molecular complexity index is 668. The number of aliphatic carboxylic acids is 1. The van der Waals surface area contributed by atoms with E-state index < -0.39 is 21.9 Å². The number of amides is 1. The highest BCUT2D eigenvalue weighted by atomic mass is 32.2. The molecule has 7 nitrogen and oxygen atoms in total. The molecular formula is C14H18N2O5S. The maximum Gasteiger partial charge on any atom is 0.305 e. The second kappa shape index (κ2) is 6.89. The van der Waals surface area contributed by atoms with Gasteiger partial charge >= 0.3 is 5.97 Å². The summed E-state index contributed by atoms with van der Waals surface area (Å²) in [5, 5.41) is 11.0. The molecule has 1 saturated carbocycles.